The third kappa shape index (κ3) is 2.17. The highest BCUT2D eigenvalue weighted by Gasteiger charge is 2.10. The van der Waals surface area contributed by atoms with Gasteiger partial charge in [-0.3, -0.25) is 0 Å². The molecule has 0 aliphatic rings. The molecular formula is C14H12BrN3O. The Balaban J connectivity index is 2.02. The number of anilines is 3. The maximum Gasteiger partial charge on any atom is 0.300 e. The standard InChI is InChI=1S/C14H12BrN3O/c1-8-4-2-6-10(12(8)15)17-14-18-13-9(16)5-3-7-11(13)19-14/h2-7H,16H2,1H3,(H,17,18). The van der Waals surface area contributed by atoms with Crippen molar-refractivity contribution in [3.05, 3.63) is 46.4 Å². The van der Waals surface area contributed by atoms with Crippen LogP contribution in [0, 0.1) is 6.92 Å². The van der Waals surface area contributed by atoms with Crippen LogP contribution >= 0.6 is 15.9 Å². The first-order chi connectivity index (χ1) is 9.15. The lowest BCUT2D eigenvalue weighted by atomic mass is 10.2. The van der Waals surface area contributed by atoms with Crippen LogP contribution in [0.3, 0.4) is 0 Å². The lowest BCUT2D eigenvalue weighted by molar-refractivity contribution is 0.623. The van der Waals surface area contributed by atoms with Gasteiger partial charge in [-0.25, -0.2) is 0 Å². The van der Waals surface area contributed by atoms with Gasteiger partial charge in [0.15, 0.2) is 5.58 Å². The van der Waals surface area contributed by atoms with Gasteiger partial charge in [0.25, 0.3) is 6.01 Å². The van der Waals surface area contributed by atoms with Gasteiger partial charge in [0.05, 0.1) is 11.4 Å². The summed E-state index contributed by atoms with van der Waals surface area (Å²) in [4.78, 5) is 4.35. The van der Waals surface area contributed by atoms with Crippen molar-refractivity contribution in [1.29, 1.82) is 0 Å². The van der Waals surface area contributed by atoms with Gasteiger partial charge in [-0.1, -0.05) is 18.2 Å². The fourth-order valence-electron chi connectivity index (χ4n) is 1.88. The monoisotopic (exact) mass is 317 g/mol. The van der Waals surface area contributed by atoms with E-state index in [2.05, 4.69) is 26.2 Å². The van der Waals surface area contributed by atoms with Gasteiger partial charge in [-0.2, -0.15) is 4.98 Å². The van der Waals surface area contributed by atoms with Gasteiger partial charge in [0.1, 0.15) is 5.52 Å². The SMILES string of the molecule is Cc1cccc(Nc2nc3c(N)cccc3o2)c1Br. The summed E-state index contributed by atoms with van der Waals surface area (Å²) >= 11 is 3.54. The van der Waals surface area contributed by atoms with E-state index in [0.29, 0.717) is 22.8 Å². The zero-order valence-electron chi connectivity index (χ0n) is 10.3. The summed E-state index contributed by atoms with van der Waals surface area (Å²) < 4.78 is 6.62. The number of hydrogen-bond donors (Lipinski definition) is 2. The van der Waals surface area contributed by atoms with E-state index in [-0.39, 0.29) is 0 Å². The van der Waals surface area contributed by atoms with Crippen molar-refractivity contribution < 1.29 is 4.42 Å². The Hall–Kier alpha value is -2.01. The number of aryl methyl sites for hydroxylation is 1. The molecule has 96 valence electrons. The maximum atomic E-state index is 5.86. The third-order valence-corrected chi connectivity index (χ3v) is 3.94. The second kappa shape index (κ2) is 4.59. The number of halogens is 1. The molecule has 4 nitrogen and oxygen atoms in total. The number of nitrogen functional groups attached to an aromatic ring is 1. The number of nitrogens with two attached hydrogens (primary N) is 1. The second-order valence-corrected chi connectivity index (χ2v) is 5.07. The van der Waals surface area contributed by atoms with Crippen molar-refractivity contribution in [2.75, 3.05) is 11.1 Å². The summed E-state index contributed by atoms with van der Waals surface area (Å²) in [5.41, 5.74) is 9.86. The lowest BCUT2D eigenvalue weighted by Crippen LogP contribution is -1.92. The van der Waals surface area contributed by atoms with Crippen molar-refractivity contribution in [3.8, 4) is 0 Å². The summed E-state index contributed by atoms with van der Waals surface area (Å²) in [5.74, 6) is 0. The first kappa shape index (κ1) is 12.0. The predicted molar refractivity (Wildman–Crippen MR) is 80.6 cm³/mol. The molecule has 3 rings (SSSR count). The van der Waals surface area contributed by atoms with Gasteiger partial charge >= 0.3 is 0 Å². The van der Waals surface area contributed by atoms with Crippen molar-refractivity contribution in [2.45, 2.75) is 6.92 Å². The highest BCUT2D eigenvalue weighted by Crippen LogP contribution is 2.30. The molecule has 0 saturated carbocycles. The first-order valence-corrected chi connectivity index (χ1v) is 6.61. The number of benzene rings is 2. The summed E-state index contributed by atoms with van der Waals surface area (Å²) in [6, 6.07) is 11.9. The topological polar surface area (TPSA) is 64.1 Å². The van der Waals surface area contributed by atoms with E-state index in [1.54, 1.807) is 6.07 Å². The number of para-hydroxylation sites is 1. The lowest BCUT2D eigenvalue weighted by Gasteiger charge is -2.06. The van der Waals surface area contributed by atoms with Crippen molar-refractivity contribution in [2.24, 2.45) is 0 Å². The number of hydrogen-bond acceptors (Lipinski definition) is 4. The summed E-state index contributed by atoms with van der Waals surface area (Å²) in [6.07, 6.45) is 0. The fraction of sp³-hybridized carbons (Fsp3) is 0.0714. The molecule has 0 spiro atoms. The van der Waals surface area contributed by atoms with E-state index in [1.807, 2.05) is 37.3 Å². The summed E-state index contributed by atoms with van der Waals surface area (Å²) in [5, 5.41) is 3.15. The van der Waals surface area contributed by atoms with E-state index in [1.165, 1.54) is 0 Å². The van der Waals surface area contributed by atoms with Gasteiger partial charge in [0, 0.05) is 4.47 Å². The molecule has 0 unspecified atom stereocenters. The van der Waals surface area contributed by atoms with E-state index in [0.717, 1.165) is 15.7 Å². The van der Waals surface area contributed by atoms with E-state index in [9.17, 15) is 0 Å². The minimum Gasteiger partial charge on any atom is -0.423 e. The average Bonchev–Trinajstić information content (AvgIpc) is 2.79. The molecular weight excluding hydrogens is 306 g/mol. The highest BCUT2D eigenvalue weighted by molar-refractivity contribution is 9.10. The number of nitrogens with zero attached hydrogens (tertiary/aromatic N) is 1. The molecule has 5 heteroatoms. The molecule has 0 radical (unpaired) electrons. The van der Waals surface area contributed by atoms with Crippen LogP contribution in [0.15, 0.2) is 45.3 Å². The van der Waals surface area contributed by atoms with Gasteiger partial charge in [-0.05, 0) is 46.6 Å². The number of fused-ring (bicyclic) bond motifs is 1. The smallest absolute Gasteiger partial charge is 0.300 e. The van der Waals surface area contributed by atoms with Crippen molar-refractivity contribution in [1.82, 2.24) is 4.98 Å². The Morgan fingerprint density at radius 3 is 2.79 bits per heavy atom. The zero-order chi connectivity index (χ0) is 13.4. The van der Waals surface area contributed by atoms with Crippen molar-refractivity contribution in [3.63, 3.8) is 0 Å². The van der Waals surface area contributed by atoms with Crippen LogP contribution in [0.1, 0.15) is 5.56 Å². The minimum atomic E-state index is 0.430. The molecule has 0 atom stereocenters. The molecule has 1 heterocycles. The van der Waals surface area contributed by atoms with Crippen LogP contribution in [0.5, 0.6) is 0 Å². The molecule has 0 bridgehead atoms. The second-order valence-electron chi connectivity index (χ2n) is 4.27. The molecule has 2 aromatic carbocycles. The van der Waals surface area contributed by atoms with Crippen LogP contribution < -0.4 is 11.1 Å². The maximum absolute atomic E-state index is 5.86. The van der Waals surface area contributed by atoms with E-state index < -0.39 is 0 Å². The normalized spacial score (nSPS) is 10.8. The molecule has 0 aliphatic heterocycles. The predicted octanol–water partition coefficient (Wildman–Crippen LogP) is 4.22. The molecule has 0 saturated heterocycles. The molecule has 19 heavy (non-hydrogen) atoms. The fourth-order valence-corrected chi connectivity index (χ4v) is 2.25. The third-order valence-electron chi connectivity index (χ3n) is 2.88. The molecule has 0 aliphatic carbocycles. The Morgan fingerprint density at radius 2 is 2.00 bits per heavy atom. The van der Waals surface area contributed by atoms with E-state index >= 15 is 0 Å². The summed E-state index contributed by atoms with van der Waals surface area (Å²) in [6.45, 7) is 2.03. The minimum absolute atomic E-state index is 0.430. The number of rotatable bonds is 2. The van der Waals surface area contributed by atoms with Gasteiger partial charge in [0.2, 0.25) is 0 Å². The van der Waals surface area contributed by atoms with Gasteiger partial charge < -0.3 is 15.5 Å². The quantitative estimate of drug-likeness (QED) is 0.694. The van der Waals surface area contributed by atoms with Gasteiger partial charge in [-0.15, -0.1) is 0 Å². The Morgan fingerprint density at radius 1 is 1.21 bits per heavy atom. The highest BCUT2D eigenvalue weighted by atomic mass is 79.9. The summed E-state index contributed by atoms with van der Waals surface area (Å²) in [7, 11) is 0. The van der Waals surface area contributed by atoms with Crippen LogP contribution in [0.2, 0.25) is 0 Å². The molecule has 3 aromatic rings. The molecule has 0 amide bonds. The van der Waals surface area contributed by atoms with Crippen LogP contribution in [-0.2, 0) is 0 Å². The van der Waals surface area contributed by atoms with Crippen LogP contribution in [0.4, 0.5) is 17.4 Å². The largest absolute Gasteiger partial charge is 0.423 e. The first-order valence-electron chi connectivity index (χ1n) is 5.82. The zero-order valence-corrected chi connectivity index (χ0v) is 11.9. The average molecular weight is 318 g/mol. The van der Waals surface area contributed by atoms with E-state index in [4.69, 9.17) is 10.2 Å². The van der Waals surface area contributed by atoms with Crippen LogP contribution in [0.25, 0.3) is 11.1 Å². The number of nitrogens with one attached hydrogen (secondary N) is 1. The molecule has 0 fully saturated rings. The Bertz CT molecular complexity index is 752. The van der Waals surface area contributed by atoms with Crippen LogP contribution in [-0.4, -0.2) is 4.98 Å². The number of aromatic nitrogens is 1. The Labute approximate surface area is 118 Å². The Kier molecular flexibility index (Phi) is 2.91. The molecule has 3 N–H and O–H groups in total. The van der Waals surface area contributed by atoms with Crippen molar-refractivity contribution >= 4 is 44.4 Å². The molecule has 1 aromatic heterocycles. The number of oxazole rings is 1.